The highest BCUT2D eigenvalue weighted by atomic mass is 19.1. The Labute approximate surface area is 278 Å². The second-order valence-electron chi connectivity index (χ2n) is 14.0. The molecule has 48 heavy (non-hydrogen) atoms. The smallest absolute Gasteiger partial charge is 0.459 e. The highest BCUT2D eigenvalue weighted by molar-refractivity contribution is 5.94. The van der Waals surface area contributed by atoms with Crippen LogP contribution in [0.1, 0.15) is 58.9 Å². The third-order valence-corrected chi connectivity index (χ3v) is 10.6. The second-order valence-corrected chi connectivity index (χ2v) is 14.0. The van der Waals surface area contributed by atoms with E-state index in [1.165, 1.54) is 43.3 Å². The third kappa shape index (κ3) is 6.17. The van der Waals surface area contributed by atoms with E-state index in [4.69, 9.17) is 28.4 Å². The number of benzene rings is 1. The molecule has 1 amide bonds. The first-order valence-electron chi connectivity index (χ1n) is 16.1. The zero-order chi connectivity index (χ0) is 35.1. The fourth-order valence-electron chi connectivity index (χ4n) is 8.39. The van der Waals surface area contributed by atoms with Crippen LogP contribution in [0.25, 0.3) is 0 Å². The minimum atomic E-state index is -2.70. The molecule has 0 radical (unpaired) electrons. The van der Waals surface area contributed by atoms with Crippen LogP contribution in [0.5, 0.6) is 0 Å². The van der Waals surface area contributed by atoms with Crippen molar-refractivity contribution in [2.45, 2.75) is 89.7 Å². The number of alkyl carbamates (subject to hydrolysis) is 1. The van der Waals surface area contributed by atoms with Crippen LogP contribution in [-0.4, -0.2) is 67.1 Å². The first kappa shape index (κ1) is 35.3. The van der Waals surface area contributed by atoms with Crippen molar-refractivity contribution in [2.24, 2.45) is 28.6 Å². The molecule has 2 bridgehead atoms. The minimum absolute atomic E-state index is 0.168. The molecule has 4 aliphatic carbocycles. The van der Waals surface area contributed by atoms with Gasteiger partial charge in [-0.15, -0.1) is 0 Å². The van der Waals surface area contributed by atoms with Crippen LogP contribution >= 0.6 is 0 Å². The van der Waals surface area contributed by atoms with Crippen molar-refractivity contribution in [3.8, 4) is 0 Å². The molecular formula is C35H43F2NO10. The number of hydrogen-bond donors (Lipinski definition) is 1. The molecule has 5 rings (SSSR count). The van der Waals surface area contributed by atoms with Gasteiger partial charge in [0.15, 0.2) is 5.54 Å². The van der Waals surface area contributed by atoms with Crippen LogP contribution in [0.2, 0.25) is 0 Å². The summed E-state index contributed by atoms with van der Waals surface area (Å²) in [6.45, 7) is 13.7. The molecule has 13 heteroatoms. The van der Waals surface area contributed by atoms with Gasteiger partial charge in [-0.1, -0.05) is 58.2 Å². The molecule has 0 aromatic heterocycles. The van der Waals surface area contributed by atoms with Crippen molar-refractivity contribution in [3.63, 3.8) is 0 Å². The molecule has 4 saturated carbocycles. The number of fused-ring (bicyclic) bond motifs is 3. The highest BCUT2D eigenvalue weighted by Crippen LogP contribution is 2.68. The van der Waals surface area contributed by atoms with Gasteiger partial charge in [-0.25, -0.2) is 28.0 Å². The van der Waals surface area contributed by atoms with E-state index in [0.29, 0.717) is 11.5 Å². The number of nitrogens with one attached hydrogen (secondary N) is 1. The number of alkyl halides is 1. The lowest BCUT2D eigenvalue weighted by Gasteiger charge is -2.41. The van der Waals surface area contributed by atoms with Crippen molar-refractivity contribution in [1.29, 1.82) is 0 Å². The Morgan fingerprint density at radius 2 is 1.69 bits per heavy atom. The summed E-state index contributed by atoms with van der Waals surface area (Å²) in [7, 11) is 0. The molecule has 9 atom stereocenters. The summed E-state index contributed by atoms with van der Waals surface area (Å²) in [5.41, 5.74) is -5.02. The van der Waals surface area contributed by atoms with Crippen LogP contribution in [0, 0.1) is 34.4 Å². The Morgan fingerprint density at radius 1 is 1.02 bits per heavy atom. The van der Waals surface area contributed by atoms with E-state index < -0.39 is 71.5 Å². The fourth-order valence-corrected chi connectivity index (χ4v) is 8.39. The number of ether oxygens (including phenoxy) is 6. The number of amides is 1. The summed E-state index contributed by atoms with van der Waals surface area (Å²) in [5.74, 6) is -5.19. The quantitative estimate of drug-likeness (QED) is 0.120. The summed E-state index contributed by atoms with van der Waals surface area (Å²) in [5, 5.41) is 2.42. The van der Waals surface area contributed by atoms with Crippen molar-refractivity contribution in [1.82, 2.24) is 5.32 Å². The van der Waals surface area contributed by atoms with E-state index in [1.807, 2.05) is 13.8 Å². The molecule has 4 aliphatic rings. The summed E-state index contributed by atoms with van der Waals surface area (Å²) in [4.78, 5) is 53.1. The maximum absolute atomic E-state index is 16.5. The van der Waals surface area contributed by atoms with Crippen LogP contribution in [-0.2, 0) is 44.6 Å². The number of esters is 2. The maximum Gasteiger partial charge on any atom is 0.511 e. The molecule has 4 fully saturated rings. The lowest BCUT2D eigenvalue weighted by molar-refractivity contribution is -0.188. The van der Waals surface area contributed by atoms with Crippen molar-refractivity contribution in [3.05, 3.63) is 61.0 Å². The highest BCUT2D eigenvalue weighted by Gasteiger charge is 2.87. The molecule has 0 aliphatic heterocycles. The predicted molar refractivity (Wildman–Crippen MR) is 165 cm³/mol. The van der Waals surface area contributed by atoms with E-state index in [-0.39, 0.29) is 37.1 Å². The molecule has 1 unspecified atom stereocenters. The van der Waals surface area contributed by atoms with E-state index in [9.17, 15) is 23.6 Å². The third-order valence-electron chi connectivity index (χ3n) is 10.6. The van der Waals surface area contributed by atoms with Gasteiger partial charge in [0.25, 0.3) is 0 Å². The average Bonchev–Trinajstić information content (AvgIpc) is 3.26. The fraction of sp³-hybridized carbons (Fsp3) is 0.600. The van der Waals surface area contributed by atoms with Gasteiger partial charge in [-0.3, -0.25) is 0 Å². The standard InChI is InChI=1S/C35H43F2NO10/c1-7-15-43-28(39)34(37)24-17-25(45-19-21-9-11-23(36)12-10-21)35(26(24)34,38-30(41)44-16-8-2)29(40)46-20(3)47-31(42)48-27-32(4,5)22-13-14-33(27,6)18-22/h7-12,20,22,24-27H,1-2,13-19H2,3-6H3,(H,38,41)/t20?,22-,24+,25+,26-,27-,33+,34+,35-/m0/s1. The van der Waals surface area contributed by atoms with Crippen LogP contribution in [0.4, 0.5) is 18.4 Å². The van der Waals surface area contributed by atoms with Crippen molar-refractivity contribution in [2.75, 3.05) is 13.2 Å². The van der Waals surface area contributed by atoms with Crippen LogP contribution in [0.3, 0.4) is 0 Å². The van der Waals surface area contributed by atoms with Gasteiger partial charge >= 0.3 is 24.2 Å². The summed E-state index contributed by atoms with van der Waals surface area (Å²) in [6.07, 6.45) is -0.236. The largest absolute Gasteiger partial charge is 0.511 e. The molecular weight excluding hydrogens is 632 g/mol. The lowest BCUT2D eigenvalue weighted by Crippen LogP contribution is -2.65. The molecule has 0 heterocycles. The Bertz CT molecular complexity index is 1450. The Morgan fingerprint density at radius 3 is 2.31 bits per heavy atom. The summed E-state index contributed by atoms with van der Waals surface area (Å²) >= 11 is 0. The average molecular weight is 676 g/mol. The van der Waals surface area contributed by atoms with Gasteiger partial charge in [-0.2, -0.15) is 0 Å². The van der Waals surface area contributed by atoms with Gasteiger partial charge in [0, 0.05) is 29.6 Å². The van der Waals surface area contributed by atoms with Gasteiger partial charge in [0.1, 0.15) is 25.1 Å². The van der Waals surface area contributed by atoms with Crippen LogP contribution < -0.4 is 5.32 Å². The molecule has 1 aromatic rings. The van der Waals surface area contributed by atoms with Crippen molar-refractivity contribution < 1.29 is 56.4 Å². The molecule has 11 nitrogen and oxygen atoms in total. The second kappa shape index (κ2) is 13.1. The maximum atomic E-state index is 16.5. The molecule has 0 spiro atoms. The first-order chi connectivity index (χ1) is 22.6. The summed E-state index contributed by atoms with van der Waals surface area (Å²) < 4.78 is 62.9. The predicted octanol–water partition coefficient (Wildman–Crippen LogP) is 5.71. The van der Waals surface area contributed by atoms with Gasteiger partial charge in [-0.05, 0) is 49.3 Å². The topological polar surface area (TPSA) is 136 Å². The van der Waals surface area contributed by atoms with Gasteiger partial charge in [0.05, 0.1) is 12.7 Å². The zero-order valence-electron chi connectivity index (χ0n) is 27.6. The van der Waals surface area contributed by atoms with Gasteiger partial charge < -0.3 is 33.7 Å². The van der Waals surface area contributed by atoms with Crippen LogP contribution in [0.15, 0.2) is 49.6 Å². The normalized spacial score (nSPS) is 34.2. The Balaban J connectivity index is 1.39. The SMILES string of the molecule is C=CCOC(=O)N[C@@]1(C(=O)OC(C)OC(=O)O[C@H]2C(C)(C)[C@H]3CC[C@]2(C)C3)[C@H](OCc2ccc(F)cc2)C[C@@H]2[C@H]1[C@@]2(F)C(=O)OCC=C. The summed E-state index contributed by atoms with van der Waals surface area (Å²) in [6, 6.07) is 5.36. The molecule has 1 aromatic carbocycles. The number of halogens is 2. The molecule has 262 valence electrons. The monoisotopic (exact) mass is 675 g/mol. The Kier molecular flexibility index (Phi) is 9.66. The number of carbonyl (C=O) groups is 4. The van der Waals surface area contributed by atoms with Gasteiger partial charge in [0.2, 0.25) is 12.0 Å². The van der Waals surface area contributed by atoms with E-state index in [2.05, 4.69) is 25.4 Å². The first-order valence-corrected chi connectivity index (χ1v) is 16.1. The number of rotatable bonds is 13. The zero-order valence-corrected chi connectivity index (χ0v) is 27.6. The molecule has 0 saturated heterocycles. The number of carbonyl (C=O) groups excluding carboxylic acids is 4. The van der Waals surface area contributed by atoms with E-state index in [1.54, 1.807) is 0 Å². The van der Waals surface area contributed by atoms with E-state index >= 15 is 4.39 Å². The number of hydrogen-bond acceptors (Lipinski definition) is 10. The molecule has 1 N–H and O–H groups in total. The minimum Gasteiger partial charge on any atom is -0.459 e. The lowest BCUT2D eigenvalue weighted by atomic mass is 9.70. The Hall–Kier alpha value is -4.00. The van der Waals surface area contributed by atoms with Crippen molar-refractivity contribution >= 4 is 24.2 Å². The van der Waals surface area contributed by atoms with E-state index in [0.717, 1.165) is 19.3 Å².